The molecule has 0 atom stereocenters. The zero-order valence-corrected chi connectivity index (χ0v) is 25.1. The fraction of sp³-hybridized carbons (Fsp3) is 0.182. The van der Waals surface area contributed by atoms with Gasteiger partial charge < -0.3 is 20.6 Å². The van der Waals surface area contributed by atoms with Gasteiger partial charge in [-0.2, -0.15) is 17.5 Å². The van der Waals surface area contributed by atoms with Gasteiger partial charge >= 0.3 is 21.7 Å². The van der Waals surface area contributed by atoms with Crippen LogP contribution < -0.4 is 0 Å². The van der Waals surface area contributed by atoms with Gasteiger partial charge in [0.2, 0.25) is 0 Å². The van der Waals surface area contributed by atoms with Gasteiger partial charge in [-0.25, -0.2) is 0 Å². The first-order valence-electron chi connectivity index (χ1n) is 11.2. The molecule has 0 aliphatic carbocycles. The van der Waals surface area contributed by atoms with Crippen LogP contribution in [0.4, 0.5) is 0 Å². The second-order valence-corrected chi connectivity index (χ2v) is 8.64. The fourth-order valence-electron chi connectivity index (χ4n) is 2.86. The van der Waals surface area contributed by atoms with E-state index < -0.39 is 0 Å². The molecule has 4 radical (unpaired) electrons. The van der Waals surface area contributed by atoms with Crippen molar-refractivity contribution in [2.45, 2.75) is 39.2 Å². The SMILES string of the molecule is C(C=CCc1ccccc1)=CCc1ccccc1.CC(C)(C)[NH-].[CH3-].[CH3-].[Si].[Ti+4].c1ccc2[cH-]ccc2c1. The Morgan fingerprint density at radius 1 is 0.667 bits per heavy atom. The number of hydrogen-bond donors (Lipinski definition) is 0. The number of rotatable bonds is 5. The Morgan fingerprint density at radius 3 is 1.47 bits per heavy atom. The summed E-state index contributed by atoms with van der Waals surface area (Å²) in [4.78, 5) is 0. The van der Waals surface area contributed by atoms with Gasteiger partial charge in [0.15, 0.2) is 0 Å². The van der Waals surface area contributed by atoms with Crippen molar-refractivity contribution in [2.24, 2.45) is 0 Å². The summed E-state index contributed by atoms with van der Waals surface area (Å²) in [5, 5.41) is 2.66. The third-order valence-corrected chi connectivity index (χ3v) is 4.32. The molecule has 0 spiro atoms. The number of hydrogen-bond acceptors (Lipinski definition) is 0. The molecule has 0 saturated heterocycles. The molecule has 4 aromatic rings. The van der Waals surface area contributed by atoms with Crippen molar-refractivity contribution in [2.75, 3.05) is 0 Å². The van der Waals surface area contributed by atoms with Crippen LogP contribution >= 0.6 is 0 Å². The van der Waals surface area contributed by atoms with Crippen molar-refractivity contribution in [3.05, 3.63) is 159 Å². The maximum atomic E-state index is 6.94. The number of allylic oxidation sites excluding steroid dienone is 4. The second-order valence-electron chi connectivity index (χ2n) is 8.64. The molecule has 0 amide bonds. The molecular weight excluding hydrogens is 486 g/mol. The number of nitrogens with one attached hydrogen (secondary N) is 1. The number of benzene rings is 3. The van der Waals surface area contributed by atoms with Crippen LogP contribution in [-0.4, -0.2) is 16.5 Å². The molecule has 0 heterocycles. The molecule has 0 aromatic heterocycles. The smallest absolute Gasteiger partial charge is 0.673 e. The van der Waals surface area contributed by atoms with E-state index in [1.165, 1.54) is 21.9 Å². The van der Waals surface area contributed by atoms with Crippen LogP contribution in [0.1, 0.15) is 31.9 Å². The Hall–Kier alpha value is -2.36. The summed E-state index contributed by atoms with van der Waals surface area (Å²) in [5.41, 5.74) is 9.39. The van der Waals surface area contributed by atoms with E-state index in [1.807, 2.05) is 32.9 Å². The molecule has 1 nitrogen and oxygen atoms in total. The molecule has 4 aromatic carbocycles. The van der Waals surface area contributed by atoms with E-state index in [2.05, 4.69) is 115 Å². The second kappa shape index (κ2) is 21.9. The molecule has 3 heteroatoms. The van der Waals surface area contributed by atoms with E-state index in [4.69, 9.17) is 5.73 Å². The zero-order chi connectivity index (χ0) is 23.1. The van der Waals surface area contributed by atoms with E-state index in [0.29, 0.717) is 0 Å². The summed E-state index contributed by atoms with van der Waals surface area (Å²) in [6.07, 6.45) is 10.6. The van der Waals surface area contributed by atoms with Crippen LogP contribution in [0.25, 0.3) is 16.5 Å². The van der Waals surface area contributed by atoms with E-state index in [9.17, 15) is 0 Å². The minimum atomic E-state index is -0.250. The maximum absolute atomic E-state index is 6.94. The average molecular weight is 528 g/mol. The van der Waals surface area contributed by atoms with Crippen molar-refractivity contribution in [3.8, 4) is 0 Å². The van der Waals surface area contributed by atoms with E-state index >= 15 is 0 Å². The van der Waals surface area contributed by atoms with Crippen molar-refractivity contribution < 1.29 is 21.7 Å². The molecule has 186 valence electrons. The molecular formula is C33H41NSiTi. The molecule has 36 heavy (non-hydrogen) atoms. The maximum Gasteiger partial charge on any atom is 4.00 e. The predicted molar refractivity (Wildman–Crippen MR) is 161 cm³/mol. The Balaban J connectivity index is -0.000000513. The van der Waals surface area contributed by atoms with Gasteiger partial charge in [-0.3, -0.25) is 0 Å². The van der Waals surface area contributed by atoms with Gasteiger partial charge in [-0.1, -0.05) is 112 Å². The summed E-state index contributed by atoms with van der Waals surface area (Å²) in [6, 6.07) is 35.7. The molecule has 1 N–H and O–H groups in total. The summed E-state index contributed by atoms with van der Waals surface area (Å²) in [7, 11) is 0. The van der Waals surface area contributed by atoms with Gasteiger partial charge in [-0.15, -0.1) is 35.2 Å². The molecule has 0 unspecified atom stereocenters. The fourth-order valence-corrected chi connectivity index (χ4v) is 2.86. The van der Waals surface area contributed by atoms with Crippen LogP contribution in [0.15, 0.2) is 127 Å². The van der Waals surface area contributed by atoms with Crippen LogP contribution in [0.2, 0.25) is 0 Å². The monoisotopic (exact) mass is 527 g/mol. The Kier molecular flexibility index (Phi) is 23.2. The normalized spacial score (nSPS) is 9.89. The third kappa shape index (κ3) is 18.9. The molecule has 0 fully saturated rings. The Bertz CT molecular complexity index is 975. The zero-order valence-electron chi connectivity index (χ0n) is 22.5. The van der Waals surface area contributed by atoms with Crippen LogP contribution in [0.5, 0.6) is 0 Å². The summed E-state index contributed by atoms with van der Waals surface area (Å²) < 4.78 is 0. The first-order chi connectivity index (χ1) is 15.4. The van der Waals surface area contributed by atoms with Crippen molar-refractivity contribution in [1.29, 1.82) is 0 Å². The van der Waals surface area contributed by atoms with Gasteiger partial charge in [-0.05, 0) is 24.0 Å². The van der Waals surface area contributed by atoms with Crippen molar-refractivity contribution in [3.63, 3.8) is 0 Å². The summed E-state index contributed by atoms with van der Waals surface area (Å²) in [6.45, 7) is 5.56. The van der Waals surface area contributed by atoms with E-state index in [-0.39, 0.29) is 53.1 Å². The van der Waals surface area contributed by atoms with Gasteiger partial charge in [0.05, 0.1) is 0 Å². The van der Waals surface area contributed by atoms with E-state index in [0.717, 1.165) is 12.8 Å². The largest absolute Gasteiger partial charge is 4.00 e. The average Bonchev–Trinajstić information content (AvgIpc) is 3.26. The predicted octanol–water partition coefficient (Wildman–Crippen LogP) is 9.50. The first-order valence-corrected chi connectivity index (χ1v) is 11.2. The summed E-state index contributed by atoms with van der Waals surface area (Å²) >= 11 is 0. The Labute approximate surface area is 240 Å². The molecule has 0 aliphatic heterocycles. The number of fused-ring (bicyclic) bond motifs is 1. The van der Waals surface area contributed by atoms with Crippen LogP contribution in [0.3, 0.4) is 0 Å². The van der Waals surface area contributed by atoms with E-state index in [1.54, 1.807) is 0 Å². The molecule has 0 saturated carbocycles. The quantitative estimate of drug-likeness (QED) is 0.140. The standard InChI is InChI=1S/C18H18.C9H7.C4H10N.2CH3.Si.Ti/c1(5-11-17-13-7-3-8-14-17)2-6-12-18-15-9-4-10-16-18;1-2-5-9-7-3-6-8(9)4-1;1-4(2,3)5;;;;/h1-10,13-16H,11-12H2;1-7H;5H,1-3H3;2*1H3;;/q;4*-1;;+4. The molecule has 4 rings (SSSR count). The minimum Gasteiger partial charge on any atom is -0.673 e. The van der Waals surface area contributed by atoms with Crippen LogP contribution in [0, 0.1) is 14.9 Å². The third-order valence-electron chi connectivity index (χ3n) is 4.32. The van der Waals surface area contributed by atoms with Crippen molar-refractivity contribution in [1.82, 2.24) is 0 Å². The summed E-state index contributed by atoms with van der Waals surface area (Å²) in [5.74, 6) is 0. The minimum absolute atomic E-state index is 0. The first kappa shape index (κ1) is 38.2. The Morgan fingerprint density at radius 2 is 1.06 bits per heavy atom. The van der Waals surface area contributed by atoms with Crippen molar-refractivity contribution >= 4 is 21.7 Å². The van der Waals surface area contributed by atoms with Gasteiger partial charge in [0.25, 0.3) is 0 Å². The molecule has 0 bridgehead atoms. The molecule has 0 aliphatic rings. The van der Waals surface area contributed by atoms with Gasteiger partial charge in [0.1, 0.15) is 0 Å². The van der Waals surface area contributed by atoms with Gasteiger partial charge in [0, 0.05) is 11.0 Å². The topological polar surface area (TPSA) is 23.8 Å². The van der Waals surface area contributed by atoms with Crippen LogP contribution in [-0.2, 0) is 34.6 Å².